The van der Waals surface area contributed by atoms with Crippen LogP contribution in [0.4, 0.5) is 0 Å². The quantitative estimate of drug-likeness (QED) is 0.509. The molecule has 0 aromatic heterocycles. The van der Waals surface area contributed by atoms with Crippen LogP contribution < -0.4 is 0 Å². The fraction of sp³-hybridized carbons (Fsp3) is 0.571. The molecule has 16 heavy (non-hydrogen) atoms. The van der Waals surface area contributed by atoms with E-state index in [9.17, 15) is 0 Å². The zero-order chi connectivity index (χ0) is 12.0. The molecular weight excluding hydrogens is 232 g/mol. The molecule has 0 aromatic carbocycles. The minimum absolute atomic E-state index is 0.278. The lowest BCUT2D eigenvalue weighted by atomic mass is 10.1. The molecule has 0 radical (unpaired) electrons. The SMILES string of the molecule is C=C/C=C(\C)CC1(C=C(C)C)SCCCS1. The Kier molecular flexibility index (Phi) is 5.77. The van der Waals surface area contributed by atoms with E-state index in [2.05, 4.69) is 63.0 Å². The summed E-state index contributed by atoms with van der Waals surface area (Å²) < 4.78 is 0.278. The Bertz CT molecular complexity index is 290. The van der Waals surface area contributed by atoms with E-state index < -0.39 is 0 Å². The van der Waals surface area contributed by atoms with E-state index in [4.69, 9.17) is 0 Å². The molecule has 0 nitrogen and oxygen atoms in total. The molecule has 1 aliphatic rings. The second-order valence-corrected chi connectivity index (χ2v) is 7.62. The first-order chi connectivity index (χ1) is 7.58. The molecule has 0 aromatic rings. The molecule has 0 aliphatic carbocycles. The van der Waals surface area contributed by atoms with Crippen LogP contribution in [0.25, 0.3) is 0 Å². The second kappa shape index (κ2) is 6.61. The van der Waals surface area contributed by atoms with Gasteiger partial charge >= 0.3 is 0 Å². The number of hydrogen-bond acceptors (Lipinski definition) is 2. The van der Waals surface area contributed by atoms with Gasteiger partial charge in [0.1, 0.15) is 0 Å². The topological polar surface area (TPSA) is 0 Å². The van der Waals surface area contributed by atoms with Gasteiger partial charge in [0.15, 0.2) is 0 Å². The first-order valence-electron chi connectivity index (χ1n) is 5.80. The van der Waals surface area contributed by atoms with E-state index in [1.807, 2.05) is 6.08 Å². The number of thioether (sulfide) groups is 2. The van der Waals surface area contributed by atoms with Crippen molar-refractivity contribution < 1.29 is 0 Å². The molecule has 1 saturated heterocycles. The summed E-state index contributed by atoms with van der Waals surface area (Å²) >= 11 is 4.21. The molecular formula is C14H22S2. The Morgan fingerprint density at radius 3 is 2.38 bits per heavy atom. The minimum atomic E-state index is 0.278. The van der Waals surface area contributed by atoms with Crippen LogP contribution in [-0.2, 0) is 0 Å². The standard InChI is InChI=1S/C14H22S2/c1-5-7-13(4)11-14(10-12(2)3)15-8-6-9-16-14/h5,7,10H,1,6,8-9,11H2,2-4H3/b13-7+. The first kappa shape index (κ1) is 14.0. The highest BCUT2D eigenvalue weighted by Gasteiger charge is 2.31. The molecule has 1 fully saturated rings. The average molecular weight is 254 g/mol. The molecule has 2 heteroatoms. The third kappa shape index (κ3) is 4.42. The lowest BCUT2D eigenvalue weighted by Crippen LogP contribution is -2.23. The summed E-state index contributed by atoms with van der Waals surface area (Å²) in [5.74, 6) is 2.58. The van der Waals surface area contributed by atoms with Crippen LogP contribution >= 0.6 is 23.5 Å². The highest BCUT2D eigenvalue weighted by molar-refractivity contribution is 8.19. The molecule has 1 aliphatic heterocycles. The maximum atomic E-state index is 3.77. The van der Waals surface area contributed by atoms with Crippen molar-refractivity contribution in [1.29, 1.82) is 0 Å². The average Bonchev–Trinajstić information content (AvgIpc) is 2.17. The molecule has 0 spiro atoms. The van der Waals surface area contributed by atoms with Gasteiger partial charge in [-0.25, -0.2) is 0 Å². The third-order valence-electron chi connectivity index (χ3n) is 2.42. The van der Waals surface area contributed by atoms with Crippen molar-refractivity contribution in [1.82, 2.24) is 0 Å². The van der Waals surface area contributed by atoms with Gasteiger partial charge in [0, 0.05) is 0 Å². The molecule has 1 heterocycles. The molecule has 0 saturated carbocycles. The summed E-state index contributed by atoms with van der Waals surface area (Å²) in [5, 5.41) is 0. The largest absolute Gasteiger partial charge is 0.140 e. The number of hydrogen-bond donors (Lipinski definition) is 0. The summed E-state index contributed by atoms with van der Waals surface area (Å²) in [7, 11) is 0. The van der Waals surface area contributed by atoms with Crippen LogP contribution in [0.2, 0.25) is 0 Å². The minimum Gasteiger partial charge on any atom is -0.140 e. The van der Waals surface area contributed by atoms with Gasteiger partial charge in [0.2, 0.25) is 0 Å². The predicted molar refractivity (Wildman–Crippen MR) is 80.3 cm³/mol. The van der Waals surface area contributed by atoms with E-state index in [0.717, 1.165) is 6.42 Å². The zero-order valence-electron chi connectivity index (χ0n) is 10.6. The van der Waals surface area contributed by atoms with Crippen molar-refractivity contribution >= 4 is 23.5 Å². The van der Waals surface area contributed by atoms with Gasteiger partial charge in [-0.3, -0.25) is 0 Å². The van der Waals surface area contributed by atoms with Crippen LogP contribution in [0.3, 0.4) is 0 Å². The van der Waals surface area contributed by atoms with Gasteiger partial charge in [-0.1, -0.05) is 36.0 Å². The van der Waals surface area contributed by atoms with Crippen molar-refractivity contribution in [3.8, 4) is 0 Å². The highest BCUT2D eigenvalue weighted by Crippen LogP contribution is 2.48. The first-order valence-corrected chi connectivity index (χ1v) is 7.77. The summed E-state index contributed by atoms with van der Waals surface area (Å²) in [6.45, 7) is 10.4. The number of allylic oxidation sites excluding steroid dienone is 4. The Morgan fingerprint density at radius 1 is 1.25 bits per heavy atom. The Hall–Kier alpha value is -0.0800. The van der Waals surface area contributed by atoms with Gasteiger partial charge in [0.05, 0.1) is 4.08 Å². The van der Waals surface area contributed by atoms with Crippen molar-refractivity contribution in [3.63, 3.8) is 0 Å². The Balaban J connectivity index is 2.82. The van der Waals surface area contributed by atoms with Crippen molar-refractivity contribution in [2.24, 2.45) is 0 Å². The van der Waals surface area contributed by atoms with Gasteiger partial charge in [0.25, 0.3) is 0 Å². The smallest absolute Gasteiger partial charge is 0.0830 e. The summed E-state index contributed by atoms with van der Waals surface area (Å²) in [5.41, 5.74) is 2.85. The lowest BCUT2D eigenvalue weighted by Gasteiger charge is -2.34. The van der Waals surface area contributed by atoms with Crippen molar-refractivity contribution in [3.05, 3.63) is 36.0 Å². The Morgan fingerprint density at radius 2 is 1.88 bits per heavy atom. The maximum absolute atomic E-state index is 3.77. The maximum Gasteiger partial charge on any atom is 0.0830 e. The van der Waals surface area contributed by atoms with Crippen LogP contribution in [0, 0.1) is 0 Å². The summed E-state index contributed by atoms with van der Waals surface area (Å²) in [4.78, 5) is 0. The van der Waals surface area contributed by atoms with Crippen LogP contribution in [0.1, 0.15) is 33.6 Å². The molecule has 1 rings (SSSR count). The van der Waals surface area contributed by atoms with Gasteiger partial charge in [-0.05, 0) is 45.1 Å². The van der Waals surface area contributed by atoms with Gasteiger partial charge in [-0.2, -0.15) is 0 Å². The van der Waals surface area contributed by atoms with E-state index in [1.165, 1.54) is 29.1 Å². The van der Waals surface area contributed by atoms with Crippen LogP contribution in [-0.4, -0.2) is 15.6 Å². The lowest BCUT2D eigenvalue weighted by molar-refractivity contribution is 0.908. The van der Waals surface area contributed by atoms with Crippen LogP contribution in [0.15, 0.2) is 36.0 Å². The van der Waals surface area contributed by atoms with Gasteiger partial charge in [-0.15, -0.1) is 23.5 Å². The second-order valence-electron chi connectivity index (χ2n) is 4.51. The van der Waals surface area contributed by atoms with E-state index in [0.29, 0.717) is 0 Å². The summed E-state index contributed by atoms with van der Waals surface area (Å²) in [6.07, 6.45) is 8.96. The molecule has 90 valence electrons. The van der Waals surface area contributed by atoms with E-state index in [-0.39, 0.29) is 4.08 Å². The molecule has 0 bridgehead atoms. The predicted octanol–water partition coefficient (Wildman–Crippen LogP) is 5.04. The fourth-order valence-corrected chi connectivity index (χ4v) is 5.50. The van der Waals surface area contributed by atoms with Crippen LogP contribution in [0.5, 0.6) is 0 Å². The molecule has 0 amide bonds. The van der Waals surface area contributed by atoms with E-state index >= 15 is 0 Å². The van der Waals surface area contributed by atoms with Gasteiger partial charge < -0.3 is 0 Å². The fourth-order valence-electron chi connectivity index (χ4n) is 1.92. The Labute approximate surface area is 109 Å². The molecule has 0 atom stereocenters. The van der Waals surface area contributed by atoms with Crippen molar-refractivity contribution in [2.45, 2.75) is 37.7 Å². The van der Waals surface area contributed by atoms with Crippen molar-refractivity contribution in [2.75, 3.05) is 11.5 Å². The highest BCUT2D eigenvalue weighted by atomic mass is 32.2. The molecule has 0 N–H and O–H groups in total. The monoisotopic (exact) mass is 254 g/mol. The third-order valence-corrected chi connectivity index (χ3v) is 5.61. The number of rotatable bonds is 4. The van der Waals surface area contributed by atoms with E-state index in [1.54, 1.807) is 0 Å². The normalized spacial score (nSPS) is 20.3. The summed E-state index contributed by atoms with van der Waals surface area (Å²) in [6, 6.07) is 0. The molecule has 0 unspecified atom stereocenters. The zero-order valence-corrected chi connectivity index (χ0v) is 12.2.